The number of carbonyl (C=O) groups excluding carboxylic acids is 1. The van der Waals surface area contributed by atoms with E-state index in [2.05, 4.69) is 27.2 Å². The van der Waals surface area contributed by atoms with Gasteiger partial charge in [0.1, 0.15) is 5.82 Å². The van der Waals surface area contributed by atoms with Crippen LogP contribution in [0.3, 0.4) is 0 Å². The first kappa shape index (κ1) is 17.8. The number of carbonyl (C=O) groups is 1. The highest BCUT2D eigenvalue weighted by molar-refractivity contribution is 6.06. The first-order valence-corrected chi connectivity index (χ1v) is 9.50. The number of morpholine rings is 1. The van der Waals surface area contributed by atoms with Crippen LogP contribution in [0, 0.1) is 5.82 Å². The molecule has 0 atom stereocenters. The van der Waals surface area contributed by atoms with Crippen LogP contribution in [0.4, 0.5) is 21.5 Å². The quantitative estimate of drug-likeness (QED) is 0.896. The molecule has 142 valence electrons. The summed E-state index contributed by atoms with van der Waals surface area (Å²) in [5.74, 6) is -0.945. The Morgan fingerprint density at radius 1 is 0.963 bits per heavy atom. The molecule has 4 rings (SSSR count). The summed E-state index contributed by atoms with van der Waals surface area (Å²) < 4.78 is 19.5. The summed E-state index contributed by atoms with van der Waals surface area (Å²) >= 11 is 0. The normalized spacial score (nSPS) is 17.2. The molecule has 0 unspecified atom stereocenters. The highest BCUT2D eigenvalue weighted by Crippen LogP contribution is 2.33. The zero-order chi connectivity index (χ0) is 18.6. The number of ether oxygens (including phenoxy) is 1. The zero-order valence-electron chi connectivity index (χ0n) is 15.3. The second-order valence-electron chi connectivity index (χ2n) is 6.93. The zero-order valence-corrected chi connectivity index (χ0v) is 15.3. The monoisotopic (exact) mass is 369 g/mol. The Morgan fingerprint density at radius 2 is 1.70 bits per heavy atom. The van der Waals surface area contributed by atoms with Gasteiger partial charge in [-0.15, -0.1) is 0 Å². The van der Waals surface area contributed by atoms with E-state index in [0.717, 1.165) is 43.2 Å². The van der Waals surface area contributed by atoms with Crippen molar-refractivity contribution in [2.24, 2.45) is 0 Å². The molecule has 0 bridgehead atoms. The SMILES string of the molecule is O=C(Nc1cc(N2CCCC2)ccc1N1CCOCC1)c1ccccc1F. The second-order valence-corrected chi connectivity index (χ2v) is 6.93. The Balaban J connectivity index is 1.65. The van der Waals surface area contributed by atoms with Gasteiger partial charge < -0.3 is 19.9 Å². The molecule has 27 heavy (non-hydrogen) atoms. The number of nitrogens with zero attached hydrogens (tertiary/aromatic N) is 2. The van der Waals surface area contributed by atoms with E-state index < -0.39 is 11.7 Å². The van der Waals surface area contributed by atoms with Gasteiger partial charge in [-0.3, -0.25) is 4.79 Å². The third kappa shape index (κ3) is 3.90. The van der Waals surface area contributed by atoms with Crippen molar-refractivity contribution >= 4 is 23.0 Å². The maximum atomic E-state index is 14.0. The summed E-state index contributed by atoms with van der Waals surface area (Å²) in [6, 6.07) is 12.2. The highest BCUT2D eigenvalue weighted by Gasteiger charge is 2.20. The summed E-state index contributed by atoms with van der Waals surface area (Å²) in [5, 5.41) is 2.94. The summed E-state index contributed by atoms with van der Waals surface area (Å²) in [6.07, 6.45) is 2.37. The van der Waals surface area contributed by atoms with E-state index in [0.29, 0.717) is 13.2 Å². The topological polar surface area (TPSA) is 44.8 Å². The van der Waals surface area contributed by atoms with Crippen molar-refractivity contribution in [2.45, 2.75) is 12.8 Å². The van der Waals surface area contributed by atoms with Crippen molar-refractivity contribution in [1.82, 2.24) is 0 Å². The molecule has 0 radical (unpaired) electrons. The van der Waals surface area contributed by atoms with Crippen molar-refractivity contribution in [3.63, 3.8) is 0 Å². The molecule has 6 heteroatoms. The molecule has 0 spiro atoms. The Hall–Kier alpha value is -2.60. The van der Waals surface area contributed by atoms with Gasteiger partial charge in [0.2, 0.25) is 0 Å². The van der Waals surface area contributed by atoms with Crippen LogP contribution in [0.1, 0.15) is 23.2 Å². The number of benzene rings is 2. The molecule has 2 aromatic carbocycles. The molecule has 2 aromatic rings. The third-order valence-corrected chi connectivity index (χ3v) is 5.17. The smallest absolute Gasteiger partial charge is 0.258 e. The summed E-state index contributed by atoms with van der Waals surface area (Å²) in [5.41, 5.74) is 2.81. The molecule has 2 fully saturated rings. The number of amides is 1. The van der Waals surface area contributed by atoms with E-state index in [4.69, 9.17) is 4.74 Å². The van der Waals surface area contributed by atoms with E-state index in [1.54, 1.807) is 12.1 Å². The molecular formula is C21H24FN3O2. The van der Waals surface area contributed by atoms with E-state index in [1.165, 1.54) is 25.0 Å². The fourth-order valence-electron chi connectivity index (χ4n) is 3.71. The van der Waals surface area contributed by atoms with Gasteiger partial charge in [-0.1, -0.05) is 12.1 Å². The van der Waals surface area contributed by atoms with E-state index >= 15 is 0 Å². The Labute approximate surface area is 158 Å². The van der Waals surface area contributed by atoms with Gasteiger partial charge in [0.15, 0.2) is 0 Å². The van der Waals surface area contributed by atoms with Crippen LogP contribution in [0.2, 0.25) is 0 Å². The minimum Gasteiger partial charge on any atom is -0.378 e. The minimum atomic E-state index is -0.515. The van der Waals surface area contributed by atoms with Crippen molar-refractivity contribution in [3.05, 3.63) is 53.8 Å². The van der Waals surface area contributed by atoms with Crippen LogP contribution in [0.25, 0.3) is 0 Å². The molecule has 0 saturated carbocycles. The van der Waals surface area contributed by atoms with Crippen LogP contribution in [0.5, 0.6) is 0 Å². The molecule has 0 aromatic heterocycles. The number of rotatable bonds is 4. The van der Waals surface area contributed by atoms with Gasteiger partial charge in [-0.25, -0.2) is 4.39 Å². The fourth-order valence-corrected chi connectivity index (χ4v) is 3.71. The standard InChI is InChI=1S/C21H24FN3O2/c22-18-6-2-1-5-17(18)21(26)23-19-15-16(24-9-3-4-10-24)7-8-20(19)25-11-13-27-14-12-25/h1-2,5-8,15H,3-4,9-14H2,(H,23,26). The lowest BCUT2D eigenvalue weighted by atomic mass is 10.1. The number of nitrogens with one attached hydrogen (secondary N) is 1. The van der Waals surface area contributed by atoms with Crippen LogP contribution in [-0.2, 0) is 4.74 Å². The number of hydrogen-bond donors (Lipinski definition) is 1. The Morgan fingerprint density at radius 3 is 2.44 bits per heavy atom. The molecular weight excluding hydrogens is 345 g/mol. The molecule has 5 nitrogen and oxygen atoms in total. The fraction of sp³-hybridized carbons (Fsp3) is 0.381. The van der Waals surface area contributed by atoms with Gasteiger partial charge in [0, 0.05) is 31.9 Å². The minimum absolute atomic E-state index is 0.0528. The van der Waals surface area contributed by atoms with Crippen LogP contribution in [-0.4, -0.2) is 45.3 Å². The van der Waals surface area contributed by atoms with E-state index in [9.17, 15) is 9.18 Å². The maximum absolute atomic E-state index is 14.0. The lowest BCUT2D eigenvalue weighted by Gasteiger charge is -2.31. The number of hydrogen-bond acceptors (Lipinski definition) is 4. The van der Waals surface area contributed by atoms with Gasteiger partial charge in [-0.05, 0) is 43.2 Å². The van der Waals surface area contributed by atoms with Gasteiger partial charge >= 0.3 is 0 Å². The largest absolute Gasteiger partial charge is 0.378 e. The Kier molecular flexibility index (Phi) is 5.25. The van der Waals surface area contributed by atoms with Crippen molar-refractivity contribution in [2.75, 3.05) is 54.5 Å². The first-order valence-electron chi connectivity index (χ1n) is 9.50. The molecule has 2 aliphatic heterocycles. The molecule has 1 N–H and O–H groups in total. The molecule has 0 aliphatic carbocycles. The summed E-state index contributed by atoms with van der Waals surface area (Å²) in [4.78, 5) is 17.2. The molecule has 1 amide bonds. The third-order valence-electron chi connectivity index (χ3n) is 5.17. The maximum Gasteiger partial charge on any atom is 0.258 e. The lowest BCUT2D eigenvalue weighted by molar-refractivity contribution is 0.102. The summed E-state index contributed by atoms with van der Waals surface area (Å²) in [7, 11) is 0. The average Bonchev–Trinajstić information content (AvgIpc) is 3.24. The van der Waals surface area contributed by atoms with Crippen LogP contribution >= 0.6 is 0 Å². The van der Waals surface area contributed by atoms with Crippen molar-refractivity contribution in [3.8, 4) is 0 Å². The number of halogens is 1. The van der Waals surface area contributed by atoms with Gasteiger partial charge in [0.05, 0.1) is 30.2 Å². The van der Waals surface area contributed by atoms with Crippen molar-refractivity contribution in [1.29, 1.82) is 0 Å². The second kappa shape index (κ2) is 7.96. The average molecular weight is 369 g/mol. The molecule has 2 saturated heterocycles. The number of anilines is 3. The first-order chi connectivity index (χ1) is 13.2. The van der Waals surface area contributed by atoms with Gasteiger partial charge in [-0.2, -0.15) is 0 Å². The van der Waals surface area contributed by atoms with Crippen LogP contribution in [0.15, 0.2) is 42.5 Å². The summed E-state index contributed by atoms with van der Waals surface area (Å²) in [6.45, 7) is 4.91. The lowest BCUT2D eigenvalue weighted by Crippen LogP contribution is -2.37. The van der Waals surface area contributed by atoms with Crippen LogP contribution < -0.4 is 15.1 Å². The van der Waals surface area contributed by atoms with E-state index in [-0.39, 0.29) is 5.56 Å². The van der Waals surface area contributed by atoms with Gasteiger partial charge in [0.25, 0.3) is 5.91 Å². The van der Waals surface area contributed by atoms with E-state index in [1.807, 2.05) is 6.07 Å². The predicted octanol–water partition coefficient (Wildman–Crippen LogP) is 3.51. The molecule has 2 heterocycles. The van der Waals surface area contributed by atoms with Crippen molar-refractivity contribution < 1.29 is 13.9 Å². The molecule has 2 aliphatic rings. The Bertz CT molecular complexity index is 815. The predicted molar refractivity (Wildman–Crippen MR) is 105 cm³/mol. The highest BCUT2D eigenvalue weighted by atomic mass is 19.1.